The van der Waals surface area contributed by atoms with Crippen LogP contribution in [0.15, 0.2) is 46.8 Å². The number of thioether (sulfide) groups is 1. The number of carbonyl (C=O) groups is 2. The molecule has 0 fully saturated rings. The zero-order chi connectivity index (χ0) is 22.4. The number of para-hydroxylation sites is 2. The highest BCUT2D eigenvalue weighted by molar-refractivity contribution is 7.98. The molecule has 2 aromatic heterocycles. The molecule has 7 nitrogen and oxygen atoms in total. The predicted molar refractivity (Wildman–Crippen MR) is 114 cm³/mol. The highest BCUT2D eigenvalue weighted by Crippen LogP contribution is 2.28. The van der Waals surface area contributed by atoms with E-state index in [0.29, 0.717) is 16.5 Å². The predicted octanol–water partition coefficient (Wildman–Crippen LogP) is 4.63. The van der Waals surface area contributed by atoms with Gasteiger partial charge in [0.15, 0.2) is 12.4 Å². The standard InChI is InChI=1S/C20H17F2N3O4S2/c1-11-16(18(30-2)25-17(23-11)14-8-5-9-31-14)19(27)28-10-15(26)24-12-6-3-4-7-13(12)29-20(21)22/h3-9,20H,10H2,1-2H3,(H,24,26). The largest absolute Gasteiger partial charge is 0.452 e. The Kier molecular flexibility index (Phi) is 7.53. The first-order valence-electron chi connectivity index (χ1n) is 8.86. The van der Waals surface area contributed by atoms with Gasteiger partial charge in [-0.15, -0.1) is 23.1 Å². The van der Waals surface area contributed by atoms with Gasteiger partial charge >= 0.3 is 12.6 Å². The van der Waals surface area contributed by atoms with Crippen molar-refractivity contribution in [1.29, 1.82) is 0 Å². The Morgan fingerprint density at radius 2 is 1.97 bits per heavy atom. The van der Waals surface area contributed by atoms with Gasteiger partial charge in [-0.1, -0.05) is 18.2 Å². The van der Waals surface area contributed by atoms with Crippen LogP contribution in [0.3, 0.4) is 0 Å². The molecule has 0 aliphatic heterocycles. The lowest BCUT2D eigenvalue weighted by atomic mass is 10.2. The molecule has 162 valence electrons. The molecule has 0 aliphatic rings. The first-order chi connectivity index (χ1) is 14.9. The number of amides is 1. The average molecular weight is 466 g/mol. The third-order valence-corrected chi connectivity index (χ3v) is 5.46. The molecule has 31 heavy (non-hydrogen) atoms. The molecule has 0 saturated carbocycles. The molecule has 11 heteroatoms. The Balaban J connectivity index is 1.69. The van der Waals surface area contributed by atoms with E-state index in [1.807, 2.05) is 17.5 Å². The van der Waals surface area contributed by atoms with Crippen LogP contribution < -0.4 is 10.1 Å². The maximum atomic E-state index is 12.6. The minimum absolute atomic E-state index is 0.0356. The van der Waals surface area contributed by atoms with Gasteiger partial charge in [-0.25, -0.2) is 14.8 Å². The highest BCUT2D eigenvalue weighted by Gasteiger charge is 2.22. The number of nitrogens with one attached hydrogen (secondary N) is 1. The zero-order valence-electron chi connectivity index (χ0n) is 16.4. The third-order valence-electron chi connectivity index (χ3n) is 3.91. The Hall–Kier alpha value is -3.05. The summed E-state index contributed by atoms with van der Waals surface area (Å²) in [5.74, 6) is -1.16. The average Bonchev–Trinajstić information content (AvgIpc) is 3.27. The fourth-order valence-electron chi connectivity index (χ4n) is 2.60. The van der Waals surface area contributed by atoms with Gasteiger partial charge in [0.05, 0.1) is 16.3 Å². The van der Waals surface area contributed by atoms with E-state index in [1.54, 1.807) is 19.2 Å². The zero-order valence-corrected chi connectivity index (χ0v) is 18.1. The van der Waals surface area contributed by atoms with Crippen molar-refractivity contribution in [1.82, 2.24) is 9.97 Å². The van der Waals surface area contributed by atoms with Crippen molar-refractivity contribution >= 4 is 40.7 Å². The number of aromatic nitrogens is 2. The van der Waals surface area contributed by atoms with E-state index >= 15 is 0 Å². The van der Waals surface area contributed by atoms with Crippen LogP contribution in [0.25, 0.3) is 10.7 Å². The molecule has 0 radical (unpaired) electrons. The molecule has 0 saturated heterocycles. The van der Waals surface area contributed by atoms with E-state index in [0.717, 1.165) is 4.88 Å². The smallest absolute Gasteiger partial charge is 0.387 e. The van der Waals surface area contributed by atoms with E-state index in [2.05, 4.69) is 20.0 Å². The summed E-state index contributed by atoms with van der Waals surface area (Å²) < 4.78 is 34.4. The number of rotatable bonds is 8. The Labute approximate surface area is 184 Å². The lowest BCUT2D eigenvalue weighted by Gasteiger charge is -2.13. The fourth-order valence-corrected chi connectivity index (χ4v) is 3.87. The topological polar surface area (TPSA) is 90.4 Å². The molecule has 0 aliphatic carbocycles. The molecule has 2 heterocycles. The number of halogens is 2. The Morgan fingerprint density at radius 1 is 1.19 bits per heavy atom. The van der Waals surface area contributed by atoms with Gasteiger partial charge in [0.1, 0.15) is 16.3 Å². The molecule has 3 rings (SSSR count). The second-order valence-electron chi connectivity index (χ2n) is 5.99. The maximum Gasteiger partial charge on any atom is 0.387 e. The number of nitrogens with zero attached hydrogens (tertiary/aromatic N) is 2. The summed E-state index contributed by atoms with van der Waals surface area (Å²) in [5.41, 5.74) is 0.624. The van der Waals surface area contributed by atoms with Crippen LogP contribution >= 0.6 is 23.1 Å². The summed E-state index contributed by atoms with van der Waals surface area (Å²) in [6.45, 7) is -2.00. The van der Waals surface area contributed by atoms with Gasteiger partial charge in [-0.05, 0) is 36.8 Å². The van der Waals surface area contributed by atoms with E-state index in [-0.39, 0.29) is 17.0 Å². The van der Waals surface area contributed by atoms with Crippen LogP contribution in [-0.2, 0) is 9.53 Å². The lowest BCUT2D eigenvalue weighted by molar-refractivity contribution is -0.119. The molecular formula is C20H17F2N3O4S2. The first kappa shape index (κ1) is 22.6. The number of thiophene rings is 1. The van der Waals surface area contributed by atoms with E-state index in [1.165, 1.54) is 41.3 Å². The minimum atomic E-state index is -3.04. The van der Waals surface area contributed by atoms with E-state index in [9.17, 15) is 18.4 Å². The third kappa shape index (κ3) is 5.76. The number of alkyl halides is 2. The van der Waals surface area contributed by atoms with Crippen molar-refractivity contribution in [3.63, 3.8) is 0 Å². The lowest BCUT2D eigenvalue weighted by Crippen LogP contribution is -2.22. The van der Waals surface area contributed by atoms with Gasteiger partial charge in [-0.2, -0.15) is 8.78 Å². The van der Waals surface area contributed by atoms with Crippen molar-refractivity contribution in [2.45, 2.75) is 18.6 Å². The van der Waals surface area contributed by atoms with Crippen molar-refractivity contribution in [3.05, 3.63) is 53.0 Å². The Bertz CT molecular complexity index is 1080. The number of aryl methyl sites for hydroxylation is 1. The van der Waals surface area contributed by atoms with Gasteiger partial charge < -0.3 is 14.8 Å². The quantitative estimate of drug-likeness (QED) is 0.295. The van der Waals surface area contributed by atoms with Gasteiger partial charge in [-0.3, -0.25) is 4.79 Å². The molecule has 1 amide bonds. The highest BCUT2D eigenvalue weighted by atomic mass is 32.2. The summed E-state index contributed by atoms with van der Waals surface area (Å²) >= 11 is 2.74. The van der Waals surface area contributed by atoms with Crippen molar-refractivity contribution in [3.8, 4) is 16.5 Å². The summed E-state index contributed by atoms with van der Waals surface area (Å²) in [7, 11) is 0. The molecule has 1 N–H and O–H groups in total. The van der Waals surface area contributed by atoms with Crippen LogP contribution in [0.2, 0.25) is 0 Å². The van der Waals surface area contributed by atoms with Gasteiger partial charge in [0, 0.05) is 0 Å². The number of hydrogen-bond donors (Lipinski definition) is 1. The van der Waals surface area contributed by atoms with Crippen LogP contribution in [0, 0.1) is 6.92 Å². The molecule has 0 unspecified atom stereocenters. The molecule has 1 aromatic carbocycles. The summed E-state index contributed by atoms with van der Waals surface area (Å²) in [6.07, 6.45) is 1.77. The number of carbonyl (C=O) groups excluding carboxylic acids is 2. The summed E-state index contributed by atoms with van der Waals surface area (Å²) in [6, 6.07) is 9.46. The van der Waals surface area contributed by atoms with Crippen LogP contribution in [-0.4, -0.2) is 41.3 Å². The molecule has 3 aromatic rings. The first-order valence-corrected chi connectivity index (χ1v) is 11.0. The number of esters is 1. The monoisotopic (exact) mass is 465 g/mol. The SMILES string of the molecule is CSc1nc(-c2cccs2)nc(C)c1C(=O)OCC(=O)Nc1ccccc1OC(F)F. The second-order valence-corrected chi connectivity index (χ2v) is 7.74. The van der Waals surface area contributed by atoms with E-state index in [4.69, 9.17) is 4.74 Å². The molecular weight excluding hydrogens is 448 g/mol. The van der Waals surface area contributed by atoms with Crippen molar-refractivity contribution in [2.75, 3.05) is 18.2 Å². The fraction of sp³-hybridized carbons (Fsp3) is 0.200. The summed E-state index contributed by atoms with van der Waals surface area (Å²) in [5, 5.41) is 4.71. The maximum absolute atomic E-state index is 12.6. The normalized spacial score (nSPS) is 10.7. The molecule has 0 bridgehead atoms. The van der Waals surface area contributed by atoms with Crippen LogP contribution in [0.1, 0.15) is 16.1 Å². The number of hydrogen-bond acceptors (Lipinski definition) is 8. The summed E-state index contributed by atoms with van der Waals surface area (Å²) in [4.78, 5) is 34.4. The molecule has 0 spiro atoms. The minimum Gasteiger partial charge on any atom is -0.452 e. The number of ether oxygens (including phenoxy) is 2. The second kappa shape index (κ2) is 10.3. The van der Waals surface area contributed by atoms with Gasteiger partial charge in [0.2, 0.25) is 0 Å². The van der Waals surface area contributed by atoms with Crippen LogP contribution in [0.5, 0.6) is 5.75 Å². The van der Waals surface area contributed by atoms with Crippen LogP contribution in [0.4, 0.5) is 14.5 Å². The molecule has 0 atom stereocenters. The number of benzene rings is 1. The van der Waals surface area contributed by atoms with E-state index < -0.39 is 25.1 Å². The Morgan fingerprint density at radius 3 is 2.65 bits per heavy atom. The van der Waals surface area contributed by atoms with Crippen molar-refractivity contribution in [2.24, 2.45) is 0 Å². The van der Waals surface area contributed by atoms with Crippen molar-refractivity contribution < 1.29 is 27.8 Å². The van der Waals surface area contributed by atoms with Gasteiger partial charge in [0.25, 0.3) is 5.91 Å². The number of anilines is 1.